The van der Waals surface area contributed by atoms with E-state index in [0.29, 0.717) is 17.7 Å². The molecule has 0 aliphatic heterocycles. The maximum absolute atomic E-state index is 11.5. The van der Waals surface area contributed by atoms with E-state index in [1.807, 2.05) is 6.92 Å². The lowest BCUT2D eigenvalue weighted by Crippen LogP contribution is -2.10. The molecule has 0 atom stereocenters. The number of hydrogen-bond acceptors (Lipinski definition) is 3. The van der Waals surface area contributed by atoms with Crippen LogP contribution in [0.2, 0.25) is 0 Å². The molecule has 0 fully saturated rings. The Morgan fingerprint density at radius 3 is 2.47 bits per heavy atom. The summed E-state index contributed by atoms with van der Waals surface area (Å²) in [6.45, 7) is 5.35. The summed E-state index contributed by atoms with van der Waals surface area (Å²) in [6, 6.07) is 5.14. The highest BCUT2D eigenvalue weighted by Crippen LogP contribution is 2.13. The van der Waals surface area contributed by atoms with E-state index in [9.17, 15) is 9.59 Å². The zero-order valence-electron chi connectivity index (χ0n) is 9.16. The normalized spacial score (nSPS) is 9.80. The first-order valence-electron chi connectivity index (χ1n) is 4.85. The molecule has 0 aliphatic carbocycles. The minimum absolute atomic E-state index is 0.127. The molecule has 0 aromatic heterocycles. The van der Waals surface area contributed by atoms with E-state index in [2.05, 4.69) is 0 Å². The summed E-state index contributed by atoms with van der Waals surface area (Å²) in [5.41, 5.74) is 1.70. The number of ether oxygens (including phenoxy) is 1. The molecule has 1 aromatic carbocycles. The summed E-state index contributed by atoms with van der Waals surface area (Å²) in [6.07, 6.45) is 0. The van der Waals surface area contributed by atoms with Crippen molar-refractivity contribution in [2.45, 2.75) is 20.8 Å². The fourth-order valence-corrected chi connectivity index (χ4v) is 1.34. The average Bonchev–Trinajstić information content (AvgIpc) is 2.17. The van der Waals surface area contributed by atoms with Crippen molar-refractivity contribution in [3.8, 4) is 0 Å². The van der Waals surface area contributed by atoms with Gasteiger partial charge in [-0.2, -0.15) is 0 Å². The molecule has 15 heavy (non-hydrogen) atoms. The second kappa shape index (κ2) is 4.73. The van der Waals surface area contributed by atoms with Crippen LogP contribution in [0.15, 0.2) is 18.2 Å². The van der Waals surface area contributed by atoms with E-state index in [0.717, 1.165) is 5.56 Å². The van der Waals surface area contributed by atoms with E-state index in [1.54, 1.807) is 25.1 Å². The van der Waals surface area contributed by atoms with Gasteiger partial charge in [-0.15, -0.1) is 0 Å². The minimum atomic E-state index is -0.439. The van der Waals surface area contributed by atoms with Crippen molar-refractivity contribution in [3.05, 3.63) is 34.9 Å². The smallest absolute Gasteiger partial charge is 0.338 e. The van der Waals surface area contributed by atoms with Gasteiger partial charge in [-0.25, -0.2) is 4.79 Å². The van der Waals surface area contributed by atoms with E-state index in [1.165, 1.54) is 6.92 Å². The van der Waals surface area contributed by atoms with Crippen LogP contribution in [0.5, 0.6) is 0 Å². The standard InChI is InChI=1S/C12H14O3/c1-4-15-12(14)11-7-8(2)5-6-10(11)9(3)13/h5-7H,4H2,1-3H3. The number of hydrogen-bond donors (Lipinski definition) is 0. The summed E-state index contributed by atoms with van der Waals surface area (Å²) >= 11 is 0. The number of esters is 1. The average molecular weight is 206 g/mol. The van der Waals surface area contributed by atoms with E-state index in [4.69, 9.17) is 4.74 Å². The summed E-state index contributed by atoms with van der Waals surface area (Å²) in [7, 11) is 0. The number of carbonyl (C=O) groups excluding carboxylic acids is 2. The third-order valence-corrected chi connectivity index (χ3v) is 2.05. The fraction of sp³-hybridized carbons (Fsp3) is 0.333. The van der Waals surface area contributed by atoms with Crippen molar-refractivity contribution in [2.75, 3.05) is 6.61 Å². The molecule has 0 spiro atoms. The summed E-state index contributed by atoms with van der Waals surface area (Å²) < 4.78 is 4.88. The zero-order valence-corrected chi connectivity index (χ0v) is 9.16. The molecule has 0 unspecified atom stereocenters. The summed E-state index contributed by atoms with van der Waals surface area (Å²) in [5, 5.41) is 0. The van der Waals surface area contributed by atoms with Gasteiger partial charge in [0.05, 0.1) is 12.2 Å². The Morgan fingerprint density at radius 1 is 1.27 bits per heavy atom. The summed E-state index contributed by atoms with van der Waals surface area (Å²) in [5.74, 6) is -0.565. The van der Waals surface area contributed by atoms with Gasteiger partial charge in [0.15, 0.2) is 5.78 Å². The quantitative estimate of drug-likeness (QED) is 0.563. The highest BCUT2D eigenvalue weighted by atomic mass is 16.5. The second-order valence-corrected chi connectivity index (χ2v) is 3.33. The highest BCUT2D eigenvalue weighted by molar-refractivity contribution is 6.05. The predicted molar refractivity (Wildman–Crippen MR) is 57.1 cm³/mol. The Labute approximate surface area is 89.1 Å². The largest absolute Gasteiger partial charge is 0.462 e. The third kappa shape index (κ3) is 2.65. The van der Waals surface area contributed by atoms with Gasteiger partial charge < -0.3 is 4.74 Å². The molecule has 3 nitrogen and oxygen atoms in total. The minimum Gasteiger partial charge on any atom is -0.462 e. The molecular formula is C12H14O3. The van der Waals surface area contributed by atoms with Crippen molar-refractivity contribution < 1.29 is 14.3 Å². The molecule has 0 amide bonds. The van der Waals surface area contributed by atoms with Crippen LogP contribution < -0.4 is 0 Å². The second-order valence-electron chi connectivity index (χ2n) is 3.33. The molecule has 0 radical (unpaired) electrons. The Hall–Kier alpha value is -1.64. The monoisotopic (exact) mass is 206 g/mol. The molecule has 0 saturated carbocycles. The maximum atomic E-state index is 11.5. The van der Waals surface area contributed by atoms with Crippen LogP contribution >= 0.6 is 0 Å². The van der Waals surface area contributed by atoms with Crippen LogP contribution in [-0.4, -0.2) is 18.4 Å². The Kier molecular flexibility index (Phi) is 3.61. The number of aryl methyl sites for hydroxylation is 1. The lowest BCUT2D eigenvalue weighted by atomic mass is 10.0. The first-order valence-corrected chi connectivity index (χ1v) is 4.85. The van der Waals surface area contributed by atoms with Gasteiger partial charge in [-0.05, 0) is 26.8 Å². The topological polar surface area (TPSA) is 43.4 Å². The number of rotatable bonds is 3. The number of Topliss-reactive ketones (excluding diaryl/α,β-unsaturated/α-hetero) is 1. The SMILES string of the molecule is CCOC(=O)c1cc(C)ccc1C(C)=O. The lowest BCUT2D eigenvalue weighted by Gasteiger charge is -2.07. The van der Waals surface area contributed by atoms with E-state index >= 15 is 0 Å². The zero-order chi connectivity index (χ0) is 11.4. The van der Waals surface area contributed by atoms with Gasteiger partial charge in [0, 0.05) is 5.56 Å². The van der Waals surface area contributed by atoms with Crippen LogP contribution in [0, 0.1) is 6.92 Å². The molecule has 0 bridgehead atoms. The third-order valence-electron chi connectivity index (χ3n) is 2.05. The number of benzene rings is 1. The molecule has 0 N–H and O–H groups in total. The van der Waals surface area contributed by atoms with Gasteiger partial charge in [0.2, 0.25) is 0 Å². The Bertz CT molecular complexity index is 394. The summed E-state index contributed by atoms with van der Waals surface area (Å²) in [4.78, 5) is 22.8. The molecular weight excluding hydrogens is 192 g/mol. The number of ketones is 1. The fourth-order valence-electron chi connectivity index (χ4n) is 1.34. The van der Waals surface area contributed by atoms with Crippen molar-refractivity contribution in [3.63, 3.8) is 0 Å². The molecule has 1 rings (SSSR count). The lowest BCUT2D eigenvalue weighted by molar-refractivity contribution is 0.0523. The van der Waals surface area contributed by atoms with Gasteiger partial charge in [0.25, 0.3) is 0 Å². The van der Waals surface area contributed by atoms with Crippen LogP contribution in [-0.2, 0) is 4.74 Å². The molecule has 1 aromatic rings. The van der Waals surface area contributed by atoms with E-state index in [-0.39, 0.29) is 5.78 Å². The maximum Gasteiger partial charge on any atom is 0.338 e. The van der Waals surface area contributed by atoms with Gasteiger partial charge >= 0.3 is 5.97 Å². The van der Waals surface area contributed by atoms with Crippen LogP contribution in [0.3, 0.4) is 0 Å². The van der Waals surface area contributed by atoms with Gasteiger partial charge in [-0.3, -0.25) is 4.79 Å². The Morgan fingerprint density at radius 2 is 1.93 bits per heavy atom. The van der Waals surface area contributed by atoms with Gasteiger partial charge in [-0.1, -0.05) is 17.7 Å². The number of carbonyl (C=O) groups is 2. The van der Waals surface area contributed by atoms with Crippen molar-refractivity contribution in [1.29, 1.82) is 0 Å². The van der Waals surface area contributed by atoms with E-state index < -0.39 is 5.97 Å². The highest BCUT2D eigenvalue weighted by Gasteiger charge is 2.15. The molecule has 0 saturated heterocycles. The first kappa shape index (κ1) is 11.4. The first-order chi connectivity index (χ1) is 7.06. The van der Waals surface area contributed by atoms with Crippen LogP contribution in [0.4, 0.5) is 0 Å². The van der Waals surface area contributed by atoms with Gasteiger partial charge in [0.1, 0.15) is 0 Å². The van der Waals surface area contributed by atoms with Crippen molar-refractivity contribution in [1.82, 2.24) is 0 Å². The predicted octanol–water partition coefficient (Wildman–Crippen LogP) is 2.37. The van der Waals surface area contributed by atoms with Crippen molar-refractivity contribution >= 4 is 11.8 Å². The molecule has 0 aliphatic rings. The van der Waals surface area contributed by atoms with Crippen LogP contribution in [0.25, 0.3) is 0 Å². The molecule has 0 heterocycles. The Balaban J connectivity index is 3.18. The van der Waals surface area contributed by atoms with Crippen molar-refractivity contribution in [2.24, 2.45) is 0 Å². The van der Waals surface area contributed by atoms with Crippen LogP contribution in [0.1, 0.15) is 40.1 Å². The molecule has 80 valence electrons. The molecule has 3 heteroatoms.